The van der Waals surface area contributed by atoms with Crippen LogP contribution >= 0.6 is 0 Å². The van der Waals surface area contributed by atoms with Crippen LogP contribution in [0.25, 0.3) is 28.2 Å². The van der Waals surface area contributed by atoms with E-state index in [0.717, 1.165) is 24.3 Å². The quantitative estimate of drug-likeness (QED) is 0.271. The number of halogens is 6. The predicted molar refractivity (Wildman–Crippen MR) is 123 cm³/mol. The maximum Gasteiger partial charge on any atom is 0.418 e. The van der Waals surface area contributed by atoms with E-state index in [2.05, 4.69) is 15.3 Å². The number of rotatable bonds is 4. The van der Waals surface area contributed by atoms with Crippen molar-refractivity contribution >= 4 is 17.1 Å². The largest absolute Gasteiger partial charge is 0.418 e. The molecule has 0 aliphatic rings. The molecule has 2 aromatic carbocycles. The number of anilines is 1. The number of alkyl halides is 3. The molecule has 3 heterocycles. The van der Waals surface area contributed by atoms with Crippen LogP contribution in [-0.2, 0) is 6.18 Å². The zero-order valence-corrected chi connectivity index (χ0v) is 18.5. The smallest absolute Gasteiger partial charge is 0.322 e. The summed E-state index contributed by atoms with van der Waals surface area (Å²) in [5.74, 6) is -3.76. The molecule has 186 valence electrons. The molecule has 0 aliphatic carbocycles. The lowest BCUT2D eigenvalue weighted by atomic mass is 10.0. The number of nitrogens with one attached hydrogen (secondary N) is 1. The number of carbonyl (C=O) groups is 1. The van der Waals surface area contributed by atoms with Crippen LogP contribution in [0.3, 0.4) is 0 Å². The molecule has 0 radical (unpaired) electrons. The van der Waals surface area contributed by atoms with E-state index in [1.165, 1.54) is 47.1 Å². The maximum absolute atomic E-state index is 14.4. The molecule has 3 aromatic heterocycles. The van der Waals surface area contributed by atoms with Crippen molar-refractivity contribution in [1.29, 1.82) is 0 Å². The average molecular weight is 512 g/mol. The SMILES string of the molecule is O=C(Nc1ccc(F)cc1)c1cc(-c2cccn3c(-c4cccc(F)c4F)ncc23)ncc1C(F)(F)F. The van der Waals surface area contributed by atoms with Gasteiger partial charge in [0.1, 0.15) is 11.6 Å². The van der Waals surface area contributed by atoms with Crippen molar-refractivity contribution in [3.63, 3.8) is 0 Å². The van der Waals surface area contributed by atoms with Gasteiger partial charge in [0.05, 0.1) is 34.1 Å². The fraction of sp³-hybridized carbons (Fsp3) is 0.0385. The second-order valence-electron chi connectivity index (χ2n) is 7.93. The van der Waals surface area contributed by atoms with Gasteiger partial charge in [-0.3, -0.25) is 14.2 Å². The van der Waals surface area contributed by atoms with E-state index in [1.807, 2.05) is 0 Å². The van der Waals surface area contributed by atoms with Crippen LogP contribution in [0.4, 0.5) is 32.0 Å². The Labute approximate surface area is 205 Å². The lowest BCUT2D eigenvalue weighted by molar-refractivity contribution is -0.138. The van der Waals surface area contributed by atoms with E-state index in [-0.39, 0.29) is 22.8 Å². The fourth-order valence-corrected chi connectivity index (χ4v) is 3.86. The molecule has 5 rings (SSSR count). The molecule has 11 heteroatoms. The van der Waals surface area contributed by atoms with E-state index in [0.29, 0.717) is 17.3 Å². The molecule has 0 spiro atoms. The lowest BCUT2D eigenvalue weighted by Gasteiger charge is -2.14. The molecule has 0 aliphatic heterocycles. The highest BCUT2D eigenvalue weighted by Crippen LogP contribution is 2.35. The molecule has 0 bridgehead atoms. The molecule has 0 fully saturated rings. The Hall–Kier alpha value is -4.67. The second-order valence-corrected chi connectivity index (χ2v) is 7.93. The molecular weight excluding hydrogens is 498 g/mol. The molecule has 0 saturated carbocycles. The summed E-state index contributed by atoms with van der Waals surface area (Å²) in [4.78, 5) is 20.9. The van der Waals surface area contributed by atoms with Crippen LogP contribution in [0.5, 0.6) is 0 Å². The van der Waals surface area contributed by atoms with Gasteiger partial charge in [-0.05, 0) is 54.6 Å². The molecule has 1 amide bonds. The Balaban J connectivity index is 1.61. The number of aromatic nitrogens is 3. The number of pyridine rings is 2. The second kappa shape index (κ2) is 9.08. The Kier molecular flexibility index (Phi) is 5.90. The third-order valence-electron chi connectivity index (χ3n) is 5.60. The fourth-order valence-electron chi connectivity index (χ4n) is 3.86. The van der Waals surface area contributed by atoms with E-state index in [4.69, 9.17) is 0 Å². The summed E-state index contributed by atoms with van der Waals surface area (Å²) in [6.45, 7) is 0. The van der Waals surface area contributed by atoms with Gasteiger partial charge in [0.25, 0.3) is 5.91 Å². The predicted octanol–water partition coefficient (Wildman–Crippen LogP) is 6.75. The normalized spacial score (nSPS) is 11.6. The van der Waals surface area contributed by atoms with Gasteiger partial charge in [0.2, 0.25) is 0 Å². The first-order valence-electron chi connectivity index (χ1n) is 10.7. The van der Waals surface area contributed by atoms with Crippen molar-refractivity contribution in [3.05, 3.63) is 108 Å². The van der Waals surface area contributed by atoms with E-state index >= 15 is 0 Å². The van der Waals surface area contributed by atoms with Crippen LogP contribution in [0.1, 0.15) is 15.9 Å². The van der Waals surface area contributed by atoms with Gasteiger partial charge < -0.3 is 5.32 Å². The molecule has 0 unspecified atom stereocenters. The highest BCUT2D eigenvalue weighted by Gasteiger charge is 2.36. The van der Waals surface area contributed by atoms with Crippen molar-refractivity contribution in [2.75, 3.05) is 5.32 Å². The minimum absolute atomic E-state index is 0.00835. The molecule has 1 N–H and O–H groups in total. The molecular formula is C26H14F6N4O. The van der Waals surface area contributed by atoms with Gasteiger partial charge >= 0.3 is 6.18 Å². The summed E-state index contributed by atoms with van der Waals surface area (Å²) in [7, 11) is 0. The molecule has 37 heavy (non-hydrogen) atoms. The van der Waals surface area contributed by atoms with Gasteiger partial charge in [-0.25, -0.2) is 18.2 Å². The number of benzene rings is 2. The number of amides is 1. The van der Waals surface area contributed by atoms with Gasteiger partial charge in [-0.15, -0.1) is 0 Å². The van der Waals surface area contributed by atoms with E-state index in [1.54, 1.807) is 6.07 Å². The third-order valence-corrected chi connectivity index (χ3v) is 5.60. The van der Waals surface area contributed by atoms with Gasteiger partial charge in [-0.1, -0.05) is 6.07 Å². The van der Waals surface area contributed by atoms with Crippen LogP contribution in [-0.4, -0.2) is 20.3 Å². The number of imidazole rings is 1. The monoisotopic (exact) mass is 512 g/mol. The summed E-state index contributed by atoms with van der Waals surface area (Å²) in [6.07, 6.45) is -1.47. The van der Waals surface area contributed by atoms with E-state index in [9.17, 15) is 31.1 Å². The summed E-state index contributed by atoms with van der Waals surface area (Å²) >= 11 is 0. The van der Waals surface area contributed by atoms with Crippen molar-refractivity contribution in [1.82, 2.24) is 14.4 Å². The van der Waals surface area contributed by atoms with Crippen molar-refractivity contribution in [2.45, 2.75) is 6.18 Å². The Morgan fingerprint density at radius 1 is 0.865 bits per heavy atom. The van der Waals surface area contributed by atoms with Crippen LogP contribution in [0, 0.1) is 17.5 Å². The molecule has 0 saturated heterocycles. The van der Waals surface area contributed by atoms with Crippen LogP contribution < -0.4 is 5.32 Å². The van der Waals surface area contributed by atoms with Gasteiger partial charge in [0, 0.05) is 23.6 Å². The van der Waals surface area contributed by atoms with Crippen LogP contribution in [0.2, 0.25) is 0 Å². The zero-order chi connectivity index (χ0) is 26.3. The first kappa shape index (κ1) is 24.0. The van der Waals surface area contributed by atoms with Gasteiger partial charge in [0.15, 0.2) is 11.6 Å². The zero-order valence-electron chi connectivity index (χ0n) is 18.5. The number of carbonyl (C=O) groups excluding carboxylic acids is 1. The molecule has 5 aromatic rings. The maximum atomic E-state index is 14.4. The van der Waals surface area contributed by atoms with Crippen molar-refractivity contribution in [2.24, 2.45) is 0 Å². The summed E-state index contributed by atoms with van der Waals surface area (Å²) in [5.41, 5.74) is -1.36. The summed E-state index contributed by atoms with van der Waals surface area (Å²) < 4.78 is 83.9. The van der Waals surface area contributed by atoms with Crippen molar-refractivity contribution < 1.29 is 31.1 Å². The minimum atomic E-state index is -4.88. The highest BCUT2D eigenvalue weighted by molar-refractivity contribution is 6.06. The van der Waals surface area contributed by atoms with Gasteiger partial charge in [-0.2, -0.15) is 13.2 Å². The first-order chi connectivity index (χ1) is 17.6. The molecule has 5 nitrogen and oxygen atoms in total. The van der Waals surface area contributed by atoms with E-state index < -0.39 is 40.7 Å². The number of hydrogen-bond donors (Lipinski definition) is 1. The topological polar surface area (TPSA) is 59.3 Å². The standard InChI is InChI=1S/C26H14F6N4O/c27-14-6-8-15(9-7-14)35-25(37)18-11-21(33-12-19(18)26(30,31)32)16-4-2-10-36-22(16)13-34-24(36)17-3-1-5-20(28)23(17)29/h1-13H,(H,35,37). The third kappa shape index (κ3) is 4.51. The number of fused-ring (bicyclic) bond motifs is 1. The Bertz CT molecular complexity index is 1640. The summed E-state index contributed by atoms with van der Waals surface area (Å²) in [5, 5.41) is 2.32. The first-order valence-corrected chi connectivity index (χ1v) is 10.7. The minimum Gasteiger partial charge on any atom is -0.322 e. The lowest BCUT2D eigenvalue weighted by Crippen LogP contribution is -2.19. The highest BCUT2D eigenvalue weighted by atomic mass is 19.4. The summed E-state index contributed by atoms with van der Waals surface area (Å²) in [6, 6.07) is 12.2. The number of hydrogen-bond acceptors (Lipinski definition) is 3. The molecule has 0 atom stereocenters. The Morgan fingerprint density at radius 3 is 2.32 bits per heavy atom. The average Bonchev–Trinajstić information content (AvgIpc) is 3.30. The number of nitrogens with zero attached hydrogens (tertiary/aromatic N) is 3. The van der Waals surface area contributed by atoms with Crippen molar-refractivity contribution in [3.8, 4) is 22.6 Å². The van der Waals surface area contributed by atoms with Crippen LogP contribution in [0.15, 0.2) is 79.3 Å². The Morgan fingerprint density at radius 2 is 1.59 bits per heavy atom.